The summed E-state index contributed by atoms with van der Waals surface area (Å²) in [6.45, 7) is 4.13. The van der Waals surface area contributed by atoms with Gasteiger partial charge in [0.1, 0.15) is 0 Å². The van der Waals surface area contributed by atoms with Crippen LogP contribution >= 0.6 is 0 Å². The fourth-order valence-corrected chi connectivity index (χ4v) is 4.19. The summed E-state index contributed by atoms with van der Waals surface area (Å²) in [5, 5.41) is 0.548. The number of nitrogens with zero attached hydrogens (tertiary/aromatic N) is 1. The molecule has 0 unspecified atom stereocenters. The highest BCUT2D eigenvalue weighted by Gasteiger charge is 2.24. The van der Waals surface area contributed by atoms with Gasteiger partial charge in [-0.2, -0.15) is 0 Å². The third kappa shape index (κ3) is 2.99. The zero-order valence-corrected chi connectivity index (χ0v) is 16.6. The van der Waals surface area contributed by atoms with Gasteiger partial charge in [0.05, 0.1) is 18.2 Å². The first-order chi connectivity index (χ1) is 14.2. The number of ether oxygens (including phenoxy) is 3. The molecule has 0 aliphatic carbocycles. The van der Waals surface area contributed by atoms with Gasteiger partial charge in [-0.15, -0.1) is 0 Å². The maximum Gasteiger partial charge on any atom is 0.235 e. The molecule has 0 bridgehead atoms. The minimum atomic E-state index is -0.164. The van der Waals surface area contributed by atoms with Crippen molar-refractivity contribution in [2.45, 2.75) is 26.2 Å². The van der Waals surface area contributed by atoms with Crippen LogP contribution in [0.3, 0.4) is 0 Å². The summed E-state index contributed by atoms with van der Waals surface area (Å²) in [6.07, 6.45) is 3.52. The standard InChI is InChI=1S/C23H23NO5/c1-14-10-16-20(25)23(26-2)21(15-6-7-18-19(12-15)28-13-27-18)29-22(16)17(11-14)24-8-4-3-5-9-24/h6-7,10-12H,3-5,8-9,13H2,1-2H3. The molecule has 0 N–H and O–H groups in total. The number of rotatable bonds is 3. The van der Waals surface area contributed by atoms with Crippen molar-refractivity contribution in [2.75, 3.05) is 31.9 Å². The second-order valence-electron chi connectivity index (χ2n) is 7.57. The molecule has 6 nitrogen and oxygen atoms in total. The monoisotopic (exact) mass is 393 g/mol. The van der Waals surface area contributed by atoms with Crippen molar-refractivity contribution in [2.24, 2.45) is 0 Å². The van der Waals surface area contributed by atoms with Gasteiger partial charge in [0, 0.05) is 18.7 Å². The van der Waals surface area contributed by atoms with E-state index in [4.69, 9.17) is 18.6 Å². The van der Waals surface area contributed by atoms with Crippen LogP contribution in [0.2, 0.25) is 0 Å². The molecule has 0 amide bonds. The lowest BCUT2D eigenvalue weighted by Crippen LogP contribution is -2.29. The van der Waals surface area contributed by atoms with Crippen molar-refractivity contribution in [3.8, 4) is 28.6 Å². The average molecular weight is 393 g/mol. The fourth-order valence-electron chi connectivity index (χ4n) is 4.19. The molecule has 2 aromatic carbocycles. The molecule has 0 spiro atoms. The van der Waals surface area contributed by atoms with Gasteiger partial charge in [-0.3, -0.25) is 4.79 Å². The Bertz CT molecular complexity index is 1140. The molecule has 6 heteroatoms. The number of hydrogen-bond acceptors (Lipinski definition) is 6. The highest BCUT2D eigenvalue weighted by atomic mass is 16.7. The summed E-state index contributed by atoms with van der Waals surface area (Å²) < 4.78 is 22.8. The fraction of sp³-hybridized carbons (Fsp3) is 0.348. The van der Waals surface area contributed by atoms with E-state index in [2.05, 4.69) is 11.0 Å². The Hall–Kier alpha value is -3.15. The normalized spacial score (nSPS) is 15.7. The minimum absolute atomic E-state index is 0.164. The highest BCUT2D eigenvalue weighted by Crippen LogP contribution is 2.40. The second kappa shape index (κ2) is 7.03. The number of methoxy groups -OCH3 is 1. The predicted molar refractivity (Wildman–Crippen MR) is 111 cm³/mol. The van der Waals surface area contributed by atoms with Gasteiger partial charge in [-0.25, -0.2) is 0 Å². The SMILES string of the molecule is COc1c(-c2ccc3c(c2)OCO3)oc2c(N3CCCCC3)cc(C)cc2c1=O. The van der Waals surface area contributed by atoms with Crippen molar-refractivity contribution >= 4 is 16.7 Å². The molecule has 0 radical (unpaired) electrons. The van der Waals surface area contributed by atoms with Gasteiger partial charge in [0.25, 0.3) is 0 Å². The molecule has 0 atom stereocenters. The minimum Gasteiger partial charge on any atom is -0.490 e. The summed E-state index contributed by atoms with van der Waals surface area (Å²) in [7, 11) is 1.50. The lowest BCUT2D eigenvalue weighted by atomic mass is 10.0. The number of hydrogen-bond donors (Lipinski definition) is 0. The molecule has 2 aliphatic rings. The maximum atomic E-state index is 13.3. The molecule has 29 heavy (non-hydrogen) atoms. The summed E-state index contributed by atoms with van der Waals surface area (Å²) in [4.78, 5) is 15.6. The van der Waals surface area contributed by atoms with Crippen LogP contribution < -0.4 is 24.5 Å². The Balaban J connectivity index is 1.76. The third-order valence-corrected chi connectivity index (χ3v) is 5.61. The zero-order valence-electron chi connectivity index (χ0n) is 16.6. The predicted octanol–water partition coefficient (Wildman–Crippen LogP) is 4.50. The number of benzene rings is 2. The Morgan fingerprint density at radius 2 is 1.79 bits per heavy atom. The molecule has 0 saturated carbocycles. The van der Waals surface area contributed by atoms with E-state index < -0.39 is 0 Å². The Labute approximate surface area is 168 Å². The number of fused-ring (bicyclic) bond motifs is 2. The van der Waals surface area contributed by atoms with Gasteiger partial charge < -0.3 is 23.5 Å². The molecule has 150 valence electrons. The number of anilines is 1. The number of piperidine rings is 1. The van der Waals surface area contributed by atoms with Crippen molar-refractivity contribution < 1.29 is 18.6 Å². The maximum absolute atomic E-state index is 13.3. The van der Waals surface area contributed by atoms with E-state index >= 15 is 0 Å². The first-order valence-corrected chi connectivity index (χ1v) is 9.96. The van der Waals surface area contributed by atoms with E-state index in [1.807, 2.05) is 31.2 Å². The van der Waals surface area contributed by atoms with Gasteiger partial charge in [-0.05, 0) is 62.1 Å². The molecular formula is C23H23NO5. The molecular weight excluding hydrogens is 370 g/mol. The topological polar surface area (TPSA) is 61.1 Å². The van der Waals surface area contributed by atoms with E-state index in [9.17, 15) is 4.79 Å². The number of aryl methyl sites for hydroxylation is 1. The van der Waals surface area contributed by atoms with Crippen LogP contribution in [0.1, 0.15) is 24.8 Å². The van der Waals surface area contributed by atoms with Gasteiger partial charge >= 0.3 is 0 Å². The van der Waals surface area contributed by atoms with E-state index in [-0.39, 0.29) is 18.0 Å². The van der Waals surface area contributed by atoms with Gasteiger partial charge in [-0.1, -0.05) is 0 Å². The second-order valence-corrected chi connectivity index (χ2v) is 7.57. The molecule has 1 saturated heterocycles. The van der Waals surface area contributed by atoms with Crippen LogP contribution in [0.15, 0.2) is 39.5 Å². The largest absolute Gasteiger partial charge is 0.490 e. The van der Waals surface area contributed by atoms with Crippen molar-refractivity contribution in [3.63, 3.8) is 0 Å². The lowest BCUT2D eigenvalue weighted by molar-refractivity contribution is 0.174. The molecule has 3 heterocycles. The lowest BCUT2D eigenvalue weighted by Gasteiger charge is -2.29. The van der Waals surface area contributed by atoms with E-state index in [0.717, 1.165) is 42.7 Å². The summed E-state index contributed by atoms with van der Waals surface area (Å²) in [5.74, 6) is 1.92. The van der Waals surface area contributed by atoms with Crippen molar-refractivity contribution in [3.05, 3.63) is 46.1 Å². The molecule has 1 fully saturated rings. The van der Waals surface area contributed by atoms with Crippen LogP contribution in [-0.2, 0) is 0 Å². The zero-order chi connectivity index (χ0) is 20.0. The third-order valence-electron chi connectivity index (χ3n) is 5.61. The summed E-state index contributed by atoms with van der Waals surface area (Å²) >= 11 is 0. The average Bonchev–Trinajstić information content (AvgIpc) is 3.22. The molecule has 1 aromatic heterocycles. The summed E-state index contributed by atoms with van der Waals surface area (Å²) in [6, 6.07) is 9.48. The van der Waals surface area contributed by atoms with Crippen molar-refractivity contribution in [1.29, 1.82) is 0 Å². The van der Waals surface area contributed by atoms with Crippen LogP contribution in [0.5, 0.6) is 17.2 Å². The van der Waals surface area contributed by atoms with Gasteiger partial charge in [0.15, 0.2) is 22.8 Å². The molecule has 3 aromatic rings. The van der Waals surface area contributed by atoms with E-state index in [0.29, 0.717) is 28.2 Å². The van der Waals surface area contributed by atoms with E-state index in [1.165, 1.54) is 13.5 Å². The first-order valence-electron chi connectivity index (χ1n) is 9.96. The Morgan fingerprint density at radius 3 is 2.59 bits per heavy atom. The molecule has 5 rings (SSSR count). The van der Waals surface area contributed by atoms with E-state index in [1.54, 1.807) is 0 Å². The smallest absolute Gasteiger partial charge is 0.235 e. The first kappa shape index (κ1) is 17.9. The van der Waals surface area contributed by atoms with Gasteiger partial charge in [0.2, 0.25) is 18.0 Å². The van der Waals surface area contributed by atoms with Crippen LogP contribution in [-0.4, -0.2) is 27.0 Å². The van der Waals surface area contributed by atoms with Crippen LogP contribution in [0.4, 0.5) is 5.69 Å². The van der Waals surface area contributed by atoms with Crippen LogP contribution in [0.25, 0.3) is 22.3 Å². The molecule has 2 aliphatic heterocycles. The Kier molecular flexibility index (Phi) is 4.34. The summed E-state index contributed by atoms with van der Waals surface area (Å²) in [5.41, 5.74) is 3.17. The Morgan fingerprint density at radius 1 is 1.00 bits per heavy atom. The van der Waals surface area contributed by atoms with Crippen LogP contribution in [0, 0.1) is 6.92 Å². The van der Waals surface area contributed by atoms with Crippen molar-refractivity contribution in [1.82, 2.24) is 0 Å². The highest BCUT2D eigenvalue weighted by molar-refractivity contribution is 5.92. The quantitative estimate of drug-likeness (QED) is 0.653.